The normalized spacial score (nSPS) is 13.9. The summed E-state index contributed by atoms with van der Waals surface area (Å²) in [6.45, 7) is 1.18. The number of rotatable bonds is 5. The molecule has 39 heavy (non-hydrogen) atoms. The molecule has 2 heterocycles. The second-order valence-electron chi connectivity index (χ2n) is 8.69. The van der Waals surface area contributed by atoms with Crippen LogP contribution in [0.1, 0.15) is 10.4 Å². The smallest absolute Gasteiger partial charge is 0.318 e. The van der Waals surface area contributed by atoms with Crippen LogP contribution in [0, 0.1) is 0 Å². The first-order chi connectivity index (χ1) is 18.7. The zero-order valence-electron chi connectivity index (χ0n) is 20.7. The van der Waals surface area contributed by atoms with Gasteiger partial charge in [0.05, 0.1) is 4.90 Å². The number of sulfonamides is 1. The van der Waals surface area contributed by atoms with Crippen LogP contribution in [0.25, 0.3) is 21.9 Å². The van der Waals surface area contributed by atoms with E-state index in [1.54, 1.807) is 47.6 Å². The summed E-state index contributed by atoms with van der Waals surface area (Å²) in [5, 5.41) is 9.90. The van der Waals surface area contributed by atoms with Crippen LogP contribution >= 0.6 is 23.2 Å². The Hall–Kier alpha value is -3.50. The maximum atomic E-state index is 13.2. The summed E-state index contributed by atoms with van der Waals surface area (Å²) in [4.78, 5) is 28.2. The summed E-state index contributed by atoms with van der Waals surface area (Å²) >= 11 is 10.8. The number of aromatic nitrogens is 1. The van der Waals surface area contributed by atoms with Gasteiger partial charge in [0.25, 0.3) is 5.91 Å². The van der Waals surface area contributed by atoms with Gasteiger partial charge in [0.2, 0.25) is 10.0 Å². The largest absolute Gasteiger partial charge is 0.480 e. The van der Waals surface area contributed by atoms with Crippen molar-refractivity contribution >= 4 is 55.9 Å². The number of carbonyl (C=O) groups is 2. The number of carboxylic acid groups (broad SMARTS) is 1. The van der Waals surface area contributed by atoms with Crippen molar-refractivity contribution in [3.05, 3.63) is 95.8 Å². The van der Waals surface area contributed by atoms with Crippen molar-refractivity contribution in [2.24, 2.45) is 0 Å². The number of hydrogen-bond donors (Lipinski definition) is 1. The van der Waals surface area contributed by atoms with Crippen molar-refractivity contribution in [2.45, 2.75) is 4.90 Å². The molecule has 1 amide bonds. The van der Waals surface area contributed by atoms with Gasteiger partial charge in [-0.25, -0.2) is 8.42 Å². The standard InChI is InChI=1S/C26H22ClN3O3S.C2H3ClO2/c27-24-7-5-23-18-25(8-6-22(23)17-24)34(32,33)30-15-13-29(14-16-30)26(31)21-3-1-19(2-4-21)20-9-11-28-12-10-20;3-1-2(4)5/h1-12,17-18H,13-16H2;1H2,(H,4,5). The van der Waals surface area contributed by atoms with Crippen LogP contribution in [-0.4, -0.2) is 71.6 Å². The first kappa shape index (κ1) is 28.5. The molecule has 11 heteroatoms. The number of fused-ring (bicyclic) bond motifs is 1. The van der Waals surface area contributed by atoms with Crippen molar-refractivity contribution in [2.75, 3.05) is 32.1 Å². The van der Waals surface area contributed by atoms with Gasteiger partial charge in [-0.15, -0.1) is 11.6 Å². The van der Waals surface area contributed by atoms with Crippen LogP contribution < -0.4 is 0 Å². The van der Waals surface area contributed by atoms with Crippen LogP contribution in [0.5, 0.6) is 0 Å². The molecular formula is C28H25Cl2N3O5S. The maximum absolute atomic E-state index is 13.2. The minimum atomic E-state index is -3.66. The summed E-state index contributed by atoms with van der Waals surface area (Å²) in [6.07, 6.45) is 3.46. The Kier molecular flexibility index (Phi) is 9.19. The summed E-state index contributed by atoms with van der Waals surface area (Å²) < 4.78 is 27.9. The van der Waals surface area contributed by atoms with Gasteiger partial charge < -0.3 is 10.0 Å². The molecule has 1 aromatic heterocycles. The van der Waals surface area contributed by atoms with Gasteiger partial charge >= 0.3 is 5.97 Å². The minimum absolute atomic E-state index is 0.0964. The number of benzene rings is 3. The Bertz CT molecular complexity index is 1570. The fourth-order valence-electron chi connectivity index (χ4n) is 4.17. The van der Waals surface area contributed by atoms with E-state index < -0.39 is 16.0 Å². The summed E-state index contributed by atoms with van der Waals surface area (Å²) in [6, 6.07) is 21.7. The average molecular weight is 586 g/mol. The van der Waals surface area contributed by atoms with Crippen LogP contribution in [0.4, 0.5) is 0 Å². The molecule has 0 saturated carbocycles. The molecule has 1 saturated heterocycles. The molecule has 1 fully saturated rings. The third-order valence-electron chi connectivity index (χ3n) is 6.20. The van der Waals surface area contributed by atoms with Crippen molar-refractivity contribution in [3.8, 4) is 11.1 Å². The van der Waals surface area contributed by atoms with Crippen molar-refractivity contribution in [1.82, 2.24) is 14.2 Å². The van der Waals surface area contributed by atoms with E-state index in [0.717, 1.165) is 21.9 Å². The molecule has 5 rings (SSSR count). The van der Waals surface area contributed by atoms with E-state index >= 15 is 0 Å². The van der Waals surface area contributed by atoms with Gasteiger partial charge in [0.15, 0.2) is 0 Å². The monoisotopic (exact) mass is 585 g/mol. The van der Waals surface area contributed by atoms with Gasteiger partial charge in [0, 0.05) is 49.2 Å². The highest BCUT2D eigenvalue weighted by molar-refractivity contribution is 7.89. The van der Waals surface area contributed by atoms with Crippen LogP contribution in [-0.2, 0) is 14.8 Å². The van der Waals surface area contributed by atoms with E-state index in [0.29, 0.717) is 23.7 Å². The molecule has 8 nitrogen and oxygen atoms in total. The number of aliphatic carboxylic acids is 1. The molecule has 0 bridgehead atoms. The number of nitrogens with zero attached hydrogens (tertiary/aromatic N) is 3. The average Bonchev–Trinajstić information content (AvgIpc) is 2.97. The Balaban J connectivity index is 0.000000648. The second-order valence-corrected chi connectivity index (χ2v) is 11.3. The molecule has 1 N–H and O–H groups in total. The first-order valence-corrected chi connectivity index (χ1v) is 14.3. The van der Waals surface area contributed by atoms with Crippen molar-refractivity contribution in [1.29, 1.82) is 0 Å². The van der Waals surface area contributed by atoms with Gasteiger partial charge in [-0.1, -0.05) is 35.9 Å². The van der Waals surface area contributed by atoms with Crippen molar-refractivity contribution < 1.29 is 23.1 Å². The lowest BCUT2D eigenvalue weighted by molar-refractivity contribution is -0.134. The number of carbonyl (C=O) groups excluding carboxylic acids is 1. The maximum Gasteiger partial charge on any atom is 0.318 e. The molecule has 1 aliphatic rings. The molecule has 3 aromatic carbocycles. The number of halogens is 2. The predicted octanol–water partition coefficient (Wildman–Crippen LogP) is 5.01. The molecule has 1 aliphatic heterocycles. The Morgan fingerprint density at radius 3 is 2.00 bits per heavy atom. The zero-order valence-corrected chi connectivity index (χ0v) is 23.0. The van der Waals surface area contributed by atoms with Gasteiger partial charge in [0.1, 0.15) is 5.88 Å². The number of amides is 1. The van der Waals surface area contributed by atoms with E-state index in [2.05, 4.69) is 4.98 Å². The number of carboxylic acids is 1. The Morgan fingerprint density at radius 2 is 1.38 bits per heavy atom. The predicted molar refractivity (Wildman–Crippen MR) is 152 cm³/mol. The highest BCUT2D eigenvalue weighted by Crippen LogP contribution is 2.25. The summed E-state index contributed by atoms with van der Waals surface area (Å²) in [5.74, 6) is -1.38. The number of alkyl halides is 1. The van der Waals surface area contributed by atoms with Crippen LogP contribution in [0.3, 0.4) is 0 Å². The highest BCUT2D eigenvalue weighted by atomic mass is 35.5. The number of hydrogen-bond acceptors (Lipinski definition) is 5. The Morgan fingerprint density at radius 1 is 0.821 bits per heavy atom. The molecule has 0 atom stereocenters. The lowest BCUT2D eigenvalue weighted by Gasteiger charge is -2.34. The Labute approximate surface area is 236 Å². The lowest BCUT2D eigenvalue weighted by Crippen LogP contribution is -2.50. The fraction of sp³-hybridized carbons (Fsp3) is 0.179. The van der Waals surface area contributed by atoms with E-state index in [1.807, 2.05) is 42.5 Å². The summed E-state index contributed by atoms with van der Waals surface area (Å²) in [7, 11) is -3.66. The van der Waals surface area contributed by atoms with E-state index in [4.69, 9.17) is 28.3 Å². The molecule has 0 aliphatic carbocycles. The third kappa shape index (κ3) is 6.93. The summed E-state index contributed by atoms with van der Waals surface area (Å²) in [5.41, 5.74) is 2.62. The number of piperazine rings is 1. The van der Waals surface area contributed by atoms with Crippen molar-refractivity contribution in [3.63, 3.8) is 0 Å². The van der Waals surface area contributed by atoms with Crippen LogP contribution in [0.15, 0.2) is 90.1 Å². The molecule has 0 unspecified atom stereocenters. The molecule has 0 spiro atoms. The first-order valence-electron chi connectivity index (χ1n) is 12.0. The lowest BCUT2D eigenvalue weighted by atomic mass is 10.0. The third-order valence-corrected chi connectivity index (χ3v) is 8.56. The zero-order chi connectivity index (χ0) is 28.0. The van der Waals surface area contributed by atoms with Gasteiger partial charge in [-0.3, -0.25) is 14.6 Å². The fourth-order valence-corrected chi connectivity index (χ4v) is 5.81. The van der Waals surface area contributed by atoms with E-state index in [1.165, 1.54) is 4.31 Å². The van der Waals surface area contributed by atoms with E-state index in [-0.39, 0.29) is 29.8 Å². The second kappa shape index (κ2) is 12.6. The quantitative estimate of drug-likeness (QED) is 0.330. The molecule has 4 aromatic rings. The SMILES string of the molecule is O=C(O)CCl.O=C(c1ccc(-c2ccncc2)cc1)N1CCN(S(=O)(=O)c2ccc3cc(Cl)ccc3c2)CC1. The molecule has 0 radical (unpaired) electrons. The van der Waals surface area contributed by atoms with Gasteiger partial charge in [-0.2, -0.15) is 4.31 Å². The number of pyridine rings is 1. The molecular weight excluding hydrogens is 561 g/mol. The van der Waals surface area contributed by atoms with Crippen LogP contribution in [0.2, 0.25) is 5.02 Å². The molecule has 202 valence electrons. The van der Waals surface area contributed by atoms with E-state index in [9.17, 15) is 18.0 Å². The highest BCUT2D eigenvalue weighted by Gasteiger charge is 2.30. The minimum Gasteiger partial charge on any atom is -0.480 e. The van der Waals surface area contributed by atoms with Gasteiger partial charge in [-0.05, 0) is 70.4 Å². The topological polar surface area (TPSA) is 108 Å².